The average Bonchev–Trinajstić information content (AvgIpc) is 2.52. The van der Waals surface area contributed by atoms with Gasteiger partial charge >= 0.3 is 0 Å². The number of nitrogens with one attached hydrogen (secondary N) is 1. The van der Waals surface area contributed by atoms with E-state index in [-0.39, 0.29) is 23.4 Å². The Balaban J connectivity index is 1.72. The number of hydrogen-bond donors (Lipinski definition) is 2. The van der Waals surface area contributed by atoms with E-state index in [1.807, 2.05) is 0 Å². The maximum atomic E-state index is 12.4. The third kappa shape index (κ3) is 2.70. The molecule has 0 aromatic carbocycles. The van der Waals surface area contributed by atoms with Crippen molar-refractivity contribution in [3.8, 4) is 0 Å². The van der Waals surface area contributed by atoms with Gasteiger partial charge in [-0.1, -0.05) is 23.3 Å². The zero-order valence-corrected chi connectivity index (χ0v) is 13.0. The normalized spacial score (nSPS) is 38.7. The van der Waals surface area contributed by atoms with Crippen LogP contribution in [0.25, 0.3) is 0 Å². The Kier molecular flexibility index (Phi) is 3.74. The largest absolute Gasteiger partial charge is 0.341 e. The van der Waals surface area contributed by atoms with Gasteiger partial charge in [0.1, 0.15) is 17.6 Å². The predicted octanol–water partition coefficient (Wildman–Crippen LogP) is 0.495. The Hall–Kier alpha value is -1.26. The number of nitrogens with two attached hydrogens (primary N) is 1. The van der Waals surface area contributed by atoms with Gasteiger partial charge in [-0.05, 0) is 19.3 Å². The predicted molar refractivity (Wildman–Crippen MR) is 83.2 cm³/mol. The number of fused-ring (bicyclic) bond motifs is 2. The van der Waals surface area contributed by atoms with Crippen molar-refractivity contribution in [1.82, 2.24) is 5.32 Å². The van der Waals surface area contributed by atoms with Crippen molar-refractivity contribution in [2.75, 3.05) is 13.1 Å². The van der Waals surface area contributed by atoms with E-state index in [9.17, 15) is 9.59 Å². The zero-order chi connectivity index (χ0) is 15.1. The molecule has 118 valence electrons. The summed E-state index contributed by atoms with van der Waals surface area (Å²) >= 11 is 0. The summed E-state index contributed by atoms with van der Waals surface area (Å²) in [6, 6.07) is 1.10. The Bertz CT molecular complexity index is 505. The summed E-state index contributed by atoms with van der Waals surface area (Å²) in [4.78, 5) is 24.8. The van der Waals surface area contributed by atoms with Crippen molar-refractivity contribution in [1.29, 1.82) is 0 Å². The van der Waals surface area contributed by atoms with Crippen LogP contribution in [-0.4, -0.2) is 36.7 Å². The summed E-state index contributed by atoms with van der Waals surface area (Å²) in [7, 11) is 0. The van der Waals surface area contributed by atoms with Crippen LogP contribution >= 0.6 is 0 Å². The first-order valence-corrected chi connectivity index (χ1v) is 8.70. The summed E-state index contributed by atoms with van der Waals surface area (Å²) < 4.78 is 0. The molecule has 1 fully saturated rings. The second-order valence-electron chi connectivity index (χ2n) is 7.38. The van der Waals surface area contributed by atoms with Crippen LogP contribution in [0.4, 0.5) is 0 Å². The molecule has 2 aliphatic carbocycles. The van der Waals surface area contributed by atoms with Crippen LogP contribution in [0.2, 0.25) is 0 Å². The molecule has 3 aliphatic heterocycles. The number of quaternary nitrogens is 1. The van der Waals surface area contributed by atoms with E-state index < -0.39 is 0 Å². The monoisotopic (exact) mass is 301 g/mol. The highest BCUT2D eigenvalue weighted by Crippen LogP contribution is 2.35. The number of rotatable bonds is 0. The van der Waals surface area contributed by atoms with E-state index in [0.29, 0.717) is 24.9 Å². The Labute approximate surface area is 131 Å². The second kappa shape index (κ2) is 5.74. The third-order valence-electron chi connectivity index (χ3n) is 5.80. The summed E-state index contributed by atoms with van der Waals surface area (Å²) in [6.45, 7) is 2.17. The molecule has 0 saturated carbocycles. The number of ketones is 2. The van der Waals surface area contributed by atoms with Crippen LogP contribution in [0.15, 0.2) is 23.3 Å². The van der Waals surface area contributed by atoms with Crippen molar-refractivity contribution in [2.24, 2.45) is 11.8 Å². The molecule has 1 saturated heterocycles. The van der Waals surface area contributed by atoms with Gasteiger partial charge in [-0.25, -0.2) is 0 Å². The van der Waals surface area contributed by atoms with Gasteiger partial charge < -0.3 is 10.6 Å². The van der Waals surface area contributed by atoms with Crippen molar-refractivity contribution in [2.45, 2.75) is 50.6 Å². The summed E-state index contributed by atoms with van der Waals surface area (Å²) in [5.41, 5.74) is 2.77. The second-order valence-corrected chi connectivity index (χ2v) is 7.38. The van der Waals surface area contributed by atoms with E-state index >= 15 is 0 Å². The fourth-order valence-electron chi connectivity index (χ4n) is 4.52. The van der Waals surface area contributed by atoms with E-state index in [4.69, 9.17) is 0 Å². The fourth-order valence-corrected chi connectivity index (χ4v) is 4.52. The molecule has 0 aromatic rings. The number of piperazine rings is 1. The van der Waals surface area contributed by atoms with Gasteiger partial charge in [-0.15, -0.1) is 0 Å². The van der Waals surface area contributed by atoms with Crippen LogP contribution in [0.1, 0.15) is 38.5 Å². The lowest BCUT2D eigenvalue weighted by Crippen LogP contribution is -2.96. The highest BCUT2D eigenvalue weighted by Gasteiger charge is 2.37. The van der Waals surface area contributed by atoms with Crippen molar-refractivity contribution in [3.63, 3.8) is 0 Å². The van der Waals surface area contributed by atoms with Gasteiger partial charge in [0.05, 0.1) is 12.6 Å². The quantitative estimate of drug-likeness (QED) is 0.640. The molecule has 22 heavy (non-hydrogen) atoms. The van der Waals surface area contributed by atoms with E-state index in [2.05, 4.69) is 22.8 Å². The molecule has 4 atom stereocenters. The van der Waals surface area contributed by atoms with Gasteiger partial charge in [0, 0.05) is 37.6 Å². The van der Waals surface area contributed by atoms with Gasteiger partial charge in [-0.2, -0.15) is 0 Å². The van der Waals surface area contributed by atoms with Gasteiger partial charge in [0.25, 0.3) is 0 Å². The molecule has 4 nitrogen and oxygen atoms in total. The Morgan fingerprint density at radius 1 is 0.909 bits per heavy atom. The average molecular weight is 301 g/mol. The minimum Gasteiger partial charge on any atom is -0.341 e. The fraction of sp³-hybridized carbons (Fsp3) is 0.667. The first-order valence-electron chi connectivity index (χ1n) is 8.70. The highest BCUT2D eigenvalue weighted by molar-refractivity contribution is 5.93. The minimum absolute atomic E-state index is 0.183. The highest BCUT2D eigenvalue weighted by atomic mass is 16.1. The van der Waals surface area contributed by atoms with E-state index in [0.717, 1.165) is 38.8 Å². The molecule has 3 N–H and O–H groups in total. The van der Waals surface area contributed by atoms with Crippen LogP contribution in [0, 0.1) is 11.8 Å². The van der Waals surface area contributed by atoms with E-state index in [1.54, 1.807) is 0 Å². The zero-order valence-electron chi connectivity index (χ0n) is 13.0. The van der Waals surface area contributed by atoms with Crippen molar-refractivity contribution in [3.05, 3.63) is 23.3 Å². The summed E-state index contributed by atoms with van der Waals surface area (Å²) in [6.07, 6.45) is 9.38. The molecule has 6 bridgehead atoms. The molecule has 5 aliphatic rings. The van der Waals surface area contributed by atoms with Crippen molar-refractivity contribution < 1.29 is 14.9 Å². The van der Waals surface area contributed by atoms with Gasteiger partial charge in [0.15, 0.2) is 0 Å². The lowest BCUT2D eigenvalue weighted by Gasteiger charge is -2.34. The molecule has 4 heteroatoms. The standard InChI is InChI=1S/C18H24N2O2/c21-17-3-1-11-5-13-9-20-14(10-19-13)6-12-2-4-18(22)16(8-12)15(17)7-11/h7-8,13-16,19-20H,1-6,9-10H2/p+1/t13-,14-,15+,16+/m0/s1. The third-order valence-corrected chi connectivity index (χ3v) is 5.80. The minimum atomic E-state index is -0.187. The maximum absolute atomic E-state index is 12.4. The molecular weight excluding hydrogens is 276 g/mol. The molecule has 0 aromatic heterocycles. The smallest absolute Gasteiger partial charge is 0.141 e. The number of hydrogen-bond acceptors (Lipinski definition) is 3. The molecule has 5 rings (SSSR count). The first kappa shape index (κ1) is 14.3. The van der Waals surface area contributed by atoms with Crippen LogP contribution in [0.5, 0.6) is 0 Å². The van der Waals surface area contributed by atoms with E-state index in [1.165, 1.54) is 11.1 Å². The summed E-state index contributed by atoms with van der Waals surface area (Å²) in [5.74, 6) is 0.163. The molecule has 0 amide bonds. The van der Waals surface area contributed by atoms with Gasteiger partial charge in [0.2, 0.25) is 0 Å². The number of carbonyl (C=O) groups excluding carboxylic acids is 2. The molecule has 0 radical (unpaired) electrons. The molecular formula is C18H25N2O2+. The van der Waals surface area contributed by atoms with Gasteiger partial charge in [-0.3, -0.25) is 9.59 Å². The number of carbonyl (C=O) groups is 2. The Morgan fingerprint density at radius 2 is 1.55 bits per heavy atom. The Morgan fingerprint density at radius 3 is 2.14 bits per heavy atom. The van der Waals surface area contributed by atoms with Crippen molar-refractivity contribution >= 4 is 11.6 Å². The topological polar surface area (TPSA) is 62.8 Å². The van der Waals surface area contributed by atoms with Crippen LogP contribution in [-0.2, 0) is 9.59 Å². The lowest BCUT2D eigenvalue weighted by molar-refractivity contribution is -0.696. The number of Topliss-reactive ketones (excluding diaryl/α,β-unsaturated/α-hetero) is 2. The number of allylic oxidation sites excluding steroid dienone is 2. The molecule has 3 heterocycles. The maximum Gasteiger partial charge on any atom is 0.141 e. The lowest BCUT2D eigenvalue weighted by atomic mass is 9.73. The molecule has 0 unspecified atom stereocenters. The van der Waals surface area contributed by atoms with Crippen LogP contribution in [0.3, 0.4) is 0 Å². The summed E-state index contributed by atoms with van der Waals surface area (Å²) in [5, 5.41) is 6.16. The first-order chi connectivity index (χ1) is 10.7. The SMILES string of the molecule is O=C1CCC2=C[C@@H]1[C@H]1C=C(CCC1=O)C[C@H]1CN[C@H](C[NH2+]1)C2. The van der Waals surface area contributed by atoms with Crippen LogP contribution < -0.4 is 10.6 Å². The molecule has 0 spiro atoms.